The van der Waals surface area contributed by atoms with Crippen LogP contribution in [-0.2, 0) is 0 Å². The van der Waals surface area contributed by atoms with E-state index in [4.69, 9.17) is 9.97 Å². The standard InChI is InChI=1S/C50H32N4/c1-3-16-37(17-4-1)53-45-24-11-8-20-39(45)42-31-34(26-28-47(42)53)33-14-13-15-35(30-33)49-41-22-7-10-23-44(41)51-50(52-49)36-27-29-48-43(32-36)40-21-9-12-25-46(40)54(48)38-18-5-2-6-19-38/h1-32H. The van der Waals surface area contributed by atoms with E-state index in [0.29, 0.717) is 5.82 Å². The quantitative estimate of drug-likeness (QED) is 0.180. The van der Waals surface area contributed by atoms with Crippen molar-refractivity contribution in [2.75, 3.05) is 0 Å². The molecule has 252 valence electrons. The first-order valence-electron chi connectivity index (χ1n) is 18.3. The third kappa shape index (κ3) is 4.78. The molecule has 0 unspecified atom stereocenters. The molecule has 0 spiro atoms. The number of rotatable bonds is 5. The second kappa shape index (κ2) is 12.1. The Morgan fingerprint density at radius 3 is 1.43 bits per heavy atom. The minimum atomic E-state index is 0.711. The van der Waals surface area contributed by atoms with Crippen LogP contribution in [-0.4, -0.2) is 19.1 Å². The predicted molar refractivity (Wildman–Crippen MR) is 225 cm³/mol. The van der Waals surface area contributed by atoms with Crippen molar-refractivity contribution in [2.24, 2.45) is 0 Å². The first-order chi connectivity index (χ1) is 26.8. The average molecular weight is 689 g/mol. The Kier molecular flexibility index (Phi) is 6.82. The summed E-state index contributed by atoms with van der Waals surface area (Å²) in [5, 5.41) is 5.88. The lowest BCUT2D eigenvalue weighted by Crippen LogP contribution is -1.96. The number of hydrogen-bond donors (Lipinski definition) is 0. The summed E-state index contributed by atoms with van der Waals surface area (Å²) in [6.45, 7) is 0. The lowest BCUT2D eigenvalue weighted by atomic mass is 9.98. The normalized spacial score (nSPS) is 11.7. The Hall–Kier alpha value is -7.30. The highest BCUT2D eigenvalue weighted by Gasteiger charge is 2.17. The number of hydrogen-bond acceptors (Lipinski definition) is 2. The first kappa shape index (κ1) is 30.3. The maximum atomic E-state index is 5.33. The largest absolute Gasteiger partial charge is 0.309 e. The van der Waals surface area contributed by atoms with Gasteiger partial charge < -0.3 is 9.13 Å². The summed E-state index contributed by atoms with van der Waals surface area (Å²) in [6, 6.07) is 69.0. The van der Waals surface area contributed by atoms with Crippen molar-refractivity contribution < 1.29 is 0 Å². The Morgan fingerprint density at radius 1 is 0.296 bits per heavy atom. The van der Waals surface area contributed by atoms with Gasteiger partial charge in [0.25, 0.3) is 0 Å². The molecule has 0 saturated carbocycles. The zero-order valence-corrected chi connectivity index (χ0v) is 29.3. The number of nitrogens with zero attached hydrogens (tertiary/aromatic N) is 4. The monoisotopic (exact) mass is 688 g/mol. The third-order valence-electron chi connectivity index (χ3n) is 10.7. The maximum absolute atomic E-state index is 5.33. The Labute approximate surface area is 311 Å². The van der Waals surface area contributed by atoms with Crippen molar-refractivity contribution in [2.45, 2.75) is 0 Å². The van der Waals surface area contributed by atoms with Crippen LogP contribution in [0.3, 0.4) is 0 Å². The van der Waals surface area contributed by atoms with Gasteiger partial charge in [0, 0.05) is 49.4 Å². The van der Waals surface area contributed by atoms with Gasteiger partial charge in [-0.1, -0.05) is 115 Å². The third-order valence-corrected chi connectivity index (χ3v) is 10.7. The molecular formula is C50H32N4. The van der Waals surface area contributed by atoms with E-state index in [-0.39, 0.29) is 0 Å². The van der Waals surface area contributed by atoms with E-state index in [1.165, 1.54) is 43.7 Å². The second-order valence-corrected chi connectivity index (χ2v) is 13.8. The van der Waals surface area contributed by atoms with E-state index in [0.717, 1.165) is 50.2 Å². The van der Waals surface area contributed by atoms with Gasteiger partial charge in [-0.05, 0) is 90.0 Å². The van der Waals surface area contributed by atoms with Gasteiger partial charge >= 0.3 is 0 Å². The molecule has 0 saturated heterocycles. The van der Waals surface area contributed by atoms with Crippen molar-refractivity contribution in [1.82, 2.24) is 19.1 Å². The number of benzene rings is 8. The molecule has 0 bridgehead atoms. The van der Waals surface area contributed by atoms with Crippen LogP contribution in [0.1, 0.15) is 0 Å². The smallest absolute Gasteiger partial charge is 0.160 e. The van der Waals surface area contributed by atoms with E-state index in [1.807, 2.05) is 0 Å². The van der Waals surface area contributed by atoms with E-state index in [9.17, 15) is 0 Å². The van der Waals surface area contributed by atoms with Crippen LogP contribution < -0.4 is 0 Å². The lowest BCUT2D eigenvalue weighted by Gasteiger charge is -2.12. The molecule has 3 aromatic heterocycles. The molecule has 4 heteroatoms. The summed E-state index contributed by atoms with van der Waals surface area (Å²) in [5.41, 5.74) is 13.2. The van der Waals surface area contributed by atoms with Gasteiger partial charge in [-0.3, -0.25) is 0 Å². The summed E-state index contributed by atoms with van der Waals surface area (Å²) in [7, 11) is 0. The van der Waals surface area contributed by atoms with Gasteiger partial charge in [0.2, 0.25) is 0 Å². The SMILES string of the molecule is c1ccc(-n2c3ccccc3c3cc(-c4cccc(-c5nc(-c6ccc7c(c6)c6ccccc6n7-c6ccccc6)nc6ccccc56)c4)ccc32)cc1. The van der Waals surface area contributed by atoms with E-state index in [1.54, 1.807) is 0 Å². The topological polar surface area (TPSA) is 35.6 Å². The molecule has 0 radical (unpaired) electrons. The minimum Gasteiger partial charge on any atom is -0.309 e. The second-order valence-electron chi connectivity index (χ2n) is 13.8. The molecule has 0 aliphatic rings. The molecule has 0 atom stereocenters. The number of fused-ring (bicyclic) bond motifs is 7. The summed E-state index contributed by atoms with van der Waals surface area (Å²) < 4.78 is 4.69. The zero-order valence-electron chi connectivity index (χ0n) is 29.3. The van der Waals surface area contributed by atoms with Crippen LogP contribution in [0.4, 0.5) is 0 Å². The fourth-order valence-corrected chi connectivity index (χ4v) is 8.25. The molecule has 0 fully saturated rings. The molecular weight excluding hydrogens is 657 g/mol. The Morgan fingerprint density at radius 2 is 0.778 bits per heavy atom. The summed E-state index contributed by atoms with van der Waals surface area (Å²) >= 11 is 0. The summed E-state index contributed by atoms with van der Waals surface area (Å²) in [6.07, 6.45) is 0. The van der Waals surface area contributed by atoms with Crippen LogP contribution in [0.2, 0.25) is 0 Å². The van der Waals surface area contributed by atoms with Crippen molar-refractivity contribution in [3.63, 3.8) is 0 Å². The highest BCUT2D eigenvalue weighted by atomic mass is 15.0. The fraction of sp³-hybridized carbons (Fsp3) is 0. The molecule has 3 heterocycles. The maximum Gasteiger partial charge on any atom is 0.160 e. The number of para-hydroxylation sites is 5. The van der Waals surface area contributed by atoms with Crippen molar-refractivity contribution in [3.05, 3.63) is 194 Å². The van der Waals surface area contributed by atoms with Crippen LogP contribution in [0.5, 0.6) is 0 Å². The van der Waals surface area contributed by atoms with Gasteiger partial charge in [-0.2, -0.15) is 0 Å². The van der Waals surface area contributed by atoms with Crippen LogP contribution in [0.25, 0.3) is 99.7 Å². The molecule has 0 aliphatic carbocycles. The van der Waals surface area contributed by atoms with Gasteiger partial charge in [0.15, 0.2) is 5.82 Å². The van der Waals surface area contributed by atoms with Crippen LogP contribution in [0.15, 0.2) is 194 Å². The summed E-state index contributed by atoms with van der Waals surface area (Å²) in [4.78, 5) is 10.5. The Balaban J connectivity index is 1.05. The molecule has 11 rings (SSSR count). The lowest BCUT2D eigenvalue weighted by molar-refractivity contribution is 1.18. The average Bonchev–Trinajstić information content (AvgIpc) is 3.76. The molecule has 0 aliphatic heterocycles. The molecule has 54 heavy (non-hydrogen) atoms. The van der Waals surface area contributed by atoms with E-state index in [2.05, 4.69) is 203 Å². The van der Waals surface area contributed by atoms with Gasteiger partial charge in [-0.15, -0.1) is 0 Å². The Bertz CT molecular complexity index is 3210. The van der Waals surface area contributed by atoms with E-state index < -0.39 is 0 Å². The molecule has 0 N–H and O–H groups in total. The van der Waals surface area contributed by atoms with E-state index >= 15 is 0 Å². The van der Waals surface area contributed by atoms with Crippen molar-refractivity contribution in [1.29, 1.82) is 0 Å². The fourth-order valence-electron chi connectivity index (χ4n) is 8.25. The minimum absolute atomic E-state index is 0.711. The molecule has 4 nitrogen and oxygen atoms in total. The zero-order chi connectivity index (χ0) is 35.6. The number of aromatic nitrogens is 4. The van der Waals surface area contributed by atoms with Gasteiger partial charge in [0.05, 0.1) is 33.3 Å². The van der Waals surface area contributed by atoms with Crippen LogP contribution >= 0.6 is 0 Å². The first-order valence-corrected chi connectivity index (χ1v) is 18.3. The highest BCUT2D eigenvalue weighted by molar-refractivity contribution is 6.11. The van der Waals surface area contributed by atoms with Crippen LogP contribution in [0, 0.1) is 0 Å². The van der Waals surface area contributed by atoms with Crippen molar-refractivity contribution >= 4 is 54.5 Å². The summed E-state index contributed by atoms with van der Waals surface area (Å²) in [5.74, 6) is 0.711. The molecule has 11 aromatic rings. The predicted octanol–water partition coefficient (Wildman–Crippen LogP) is 12.8. The molecule has 8 aromatic carbocycles. The van der Waals surface area contributed by atoms with Gasteiger partial charge in [-0.25, -0.2) is 9.97 Å². The van der Waals surface area contributed by atoms with Gasteiger partial charge in [0.1, 0.15) is 0 Å². The van der Waals surface area contributed by atoms with Crippen molar-refractivity contribution in [3.8, 4) is 45.1 Å². The molecule has 0 amide bonds. The highest BCUT2D eigenvalue weighted by Crippen LogP contribution is 2.38.